The van der Waals surface area contributed by atoms with Crippen molar-refractivity contribution in [1.29, 1.82) is 0 Å². The summed E-state index contributed by atoms with van der Waals surface area (Å²) in [5.41, 5.74) is 4.30. The molecule has 2 heterocycles. The Hall–Kier alpha value is -3.06. The Kier molecular flexibility index (Phi) is 7.30. The zero-order valence-electron chi connectivity index (χ0n) is 18.5. The number of aryl methyl sites for hydroxylation is 2. The van der Waals surface area contributed by atoms with Gasteiger partial charge in [-0.1, -0.05) is 18.2 Å². The summed E-state index contributed by atoms with van der Waals surface area (Å²) < 4.78 is 7.59. The van der Waals surface area contributed by atoms with Gasteiger partial charge in [0.2, 0.25) is 0 Å². The topological polar surface area (TPSA) is 70.6 Å². The van der Waals surface area contributed by atoms with Crippen LogP contribution in [0, 0.1) is 13.8 Å². The molecule has 0 bridgehead atoms. The van der Waals surface area contributed by atoms with Gasteiger partial charge in [-0.3, -0.25) is 4.90 Å². The number of para-hydroxylation sites is 1. The van der Waals surface area contributed by atoms with Crippen LogP contribution in [-0.4, -0.2) is 47.8 Å². The summed E-state index contributed by atoms with van der Waals surface area (Å²) in [5, 5.41) is 11.4. The summed E-state index contributed by atoms with van der Waals surface area (Å²) in [6.07, 6.45) is 1.71. The molecule has 0 spiro atoms. The van der Waals surface area contributed by atoms with Crippen LogP contribution in [0.25, 0.3) is 5.69 Å². The van der Waals surface area contributed by atoms with E-state index in [1.165, 1.54) is 0 Å². The summed E-state index contributed by atoms with van der Waals surface area (Å²) in [5.74, 6) is 1.71. The van der Waals surface area contributed by atoms with Gasteiger partial charge in [0.25, 0.3) is 0 Å². The lowest BCUT2D eigenvalue weighted by Gasteiger charge is -2.23. The van der Waals surface area contributed by atoms with E-state index in [4.69, 9.17) is 9.41 Å². The first-order valence-electron chi connectivity index (χ1n) is 10.3. The summed E-state index contributed by atoms with van der Waals surface area (Å²) in [7, 11) is 4.09. The minimum absolute atomic E-state index is 0.117. The number of benzene rings is 1. The molecule has 0 saturated carbocycles. The molecule has 2 N–H and O–H groups in total. The number of likely N-dealkylation sites (N-methyl/N-ethyl adjacent to an activating group) is 1. The zero-order chi connectivity index (χ0) is 21.5. The Morgan fingerprint density at radius 3 is 2.60 bits per heavy atom. The zero-order valence-corrected chi connectivity index (χ0v) is 18.5. The number of hydrogen-bond donors (Lipinski definition) is 2. The first kappa shape index (κ1) is 21.6. The van der Waals surface area contributed by atoms with Crippen LogP contribution in [0.1, 0.15) is 35.7 Å². The minimum atomic E-state index is 0.117. The molecule has 7 nitrogen and oxygen atoms in total. The Morgan fingerprint density at radius 2 is 1.97 bits per heavy atom. The van der Waals surface area contributed by atoms with Gasteiger partial charge in [0.15, 0.2) is 5.96 Å². The molecule has 0 aliphatic rings. The molecule has 1 aromatic carbocycles. The van der Waals surface area contributed by atoms with Gasteiger partial charge in [-0.15, -0.1) is 0 Å². The maximum Gasteiger partial charge on any atom is 0.191 e. The predicted molar refractivity (Wildman–Crippen MR) is 121 cm³/mol. The molecule has 3 aromatic rings. The molecule has 7 heteroatoms. The lowest BCUT2D eigenvalue weighted by Crippen LogP contribution is -2.41. The standard InChI is InChI=1S/C23H32N6O/c1-6-24-23(26-16-21(28(4)5)22-12-9-13-30-22)25-15-19-10-7-8-11-20(19)29-18(3)14-17(2)27-29/h7-14,21H,6,15-16H2,1-5H3,(H2,24,25,26). The molecule has 160 valence electrons. The number of guanidine groups is 1. The van der Waals surface area contributed by atoms with Gasteiger partial charge in [-0.25, -0.2) is 9.67 Å². The van der Waals surface area contributed by atoms with Crippen LogP contribution < -0.4 is 10.6 Å². The highest BCUT2D eigenvalue weighted by Crippen LogP contribution is 2.19. The molecule has 2 aromatic heterocycles. The minimum Gasteiger partial charge on any atom is -0.468 e. The number of nitrogens with one attached hydrogen (secondary N) is 2. The quantitative estimate of drug-likeness (QED) is 0.441. The fourth-order valence-electron chi connectivity index (χ4n) is 3.44. The van der Waals surface area contributed by atoms with Gasteiger partial charge < -0.3 is 15.1 Å². The SMILES string of the molecule is CCNC(=NCc1ccccc1-n1nc(C)cc1C)NCC(c1ccco1)N(C)C. The van der Waals surface area contributed by atoms with Crippen molar-refractivity contribution in [2.24, 2.45) is 4.99 Å². The second-order valence-corrected chi connectivity index (χ2v) is 7.54. The molecular weight excluding hydrogens is 376 g/mol. The third-order valence-electron chi connectivity index (χ3n) is 4.94. The van der Waals surface area contributed by atoms with E-state index in [0.717, 1.165) is 40.9 Å². The fourth-order valence-corrected chi connectivity index (χ4v) is 3.44. The van der Waals surface area contributed by atoms with Crippen molar-refractivity contribution in [3.8, 4) is 5.69 Å². The monoisotopic (exact) mass is 408 g/mol. The lowest BCUT2D eigenvalue weighted by molar-refractivity contribution is 0.258. The molecule has 0 aliphatic heterocycles. The lowest BCUT2D eigenvalue weighted by atomic mass is 10.2. The number of rotatable bonds is 8. The van der Waals surface area contributed by atoms with Crippen LogP contribution in [0.5, 0.6) is 0 Å². The number of aromatic nitrogens is 2. The van der Waals surface area contributed by atoms with E-state index in [-0.39, 0.29) is 6.04 Å². The Bertz CT molecular complexity index is 958. The molecule has 30 heavy (non-hydrogen) atoms. The Morgan fingerprint density at radius 1 is 1.17 bits per heavy atom. The maximum absolute atomic E-state index is 5.60. The van der Waals surface area contributed by atoms with Crippen LogP contribution >= 0.6 is 0 Å². The summed E-state index contributed by atoms with van der Waals surface area (Å²) in [6, 6.07) is 14.4. The van der Waals surface area contributed by atoms with Gasteiger partial charge in [0.1, 0.15) is 5.76 Å². The van der Waals surface area contributed by atoms with Gasteiger partial charge >= 0.3 is 0 Å². The average Bonchev–Trinajstić information content (AvgIpc) is 3.35. The van der Waals surface area contributed by atoms with Crippen molar-refractivity contribution in [2.45, 2.75) is 33.4 Å². The van der Waals surface area contributed by atoms with Crippen LogP contribution in [0.4, 0.5) is 0 Å². The van der Waals surface area contributed by atoms with Crippen LogP contribution in [-0.2, 0) is 6.54 Å². The molecule has 0 amide bonds. The highest BCUT2D eigenvalue weighted by atomic mass is 16.3. The molecular formula is C23H32N6O. The van der Waals surface area contributed by atoms with E-state index >= 15 is 0 Å². The van der Waals surface area contributed by atoms with Gasteiger partial charge in [-0.05, 0) is 64.7 Å². The van der Waals surface area contributed by atoms with Gasteiger partial charge in [-0.2, -0.15) is 5.10 Å². The summed E-state index contributed by atoms with van der Waals surface area (Å²) in [4.78, 5) is 6.96. The fraction of sp³-hybridized carbons (Fsp3) is 0.391. The predicted octanol–water partition coefficient (Wildman–Crippen LogP) is 3.44. The first-order chi connectivity index (χ1) is 14.5. The Balaban J connectivity index is 1.76. The number of nitrogens with zero attached hydrogens (tertiary/aromatic N) is 4. The largest absolute Gasteiger partial charge is 0.468 e. The molecule has 0 aliphatic carbocycles. The van der Waals surface area contributed by atoms with E-state index in [2.05, 4.69) is 52.7 Å². The van der Waals surface area contributed by atoms with Crippen LogP contribution in [0.2, 0.25) is 0 Å². The number of furan rings is 1. The third kappa shape index (κ3) is 5.30. The van der Waals surface area contributed by atoms with Crippen molar-refractivity contribution in [1.82, 2.24) is 25.3 Å². The van der Waals surface area contributed by atoms with Gasteiger partial charge in [0.05, 0.1) is 30.2 Å². The van der Waals surface area contributed by atoms with E-state index in [1.807, 2.05) is 50.0 Å². The molecule has 3 rings (SSSR count). The highest BCUT2D eigenvalue weighted by molar-refractivity contribution is 5.79. The van der Waals surface area contributed by atoms with Crippen molar-refractivity contribution < 1.29 is 4.42 Å². The van der Waals surface area contributed by atoms with Gasteiger partial charge in [0, 0.05) is 18.8 Å². The summed E-state index contributed by atoms with van der Waals surface area (Å²) in [6.45, 7) is 8.18. The first-order valence-corrected chi connectivity index (χ1v) is 10.3. The normalized spacial score (nSPS) is 12.9. The van der Waals surface area contributed by atoms with Crippen molar-refractivity contribution in [3.05, 3.63) is 71.4 Å². The molecule has 0 fully saturated rings. The second kappa shape index (κ2) is 10.1. The van der Waals surface area contributed by atoms with E-state index in [1.54, 1.807) is 6.26 Å². The molecule has 0 radical (unpaired) electrons. The second-order valence-electron chi connectivity index (χ2n) is 7.54. The average molecular weight is 409 g/mol. The van der Waals surface area contributed by atoms with Crippen LogP contribution in [0.3, 0.4) is 0 Å². The molecule has 1 unspecified atom stereocenters. The maximum atomic E-state index is 5.60. The molecule has 1 atom stereocenters. The number of hydrogen-bond acceptors (Lipinski definition) is 4. The highest BCUT2D eigenvalue weighted by Gasteiger charge is 2.17. The van der Waals surface area contributed by atoms with Crippen molar-refractivity contribution in [2.75, 3.05) is 27.2 Å². The third-order valence-corrected chi connectivity index (χ3v) is 4.94. The van der Waals surface area contributed by atoms with Crippen LogP contribution in [0.15, 0.2) is 58.1 Å². The van der Waals surface area contributed by atoms with Crippen molar-refractivity contribution in [3.63, 3.8) is 0 Å². The number of aliphatic imine (C=N–C) groups is 1. The smallest absolute Gasteiger partial charge is 0.191 e. The van der Waals surface area contributed by atoms with E-state index in [0.29, 0.717) is 13.1 Å². The molecule has 0 saturated heterocycles. The van der Waals surface area contributed by atoms with E-state index in [9.17, 15) is 0 Å². The summed E-state index contributed by atoms with van der Waals surface area (Å²) >= 11 is 0. The Labute approximate surface area is 178 Å². The van der Waals surface area contributed by atoms with Crippen molar-refractivity contribution >= 4 is 5.96 Å². The van der Waals surface area contributed by atoms with E-state index < -0.39 is 0 Å².